The Bertz CT molecular complexity index is 2970. The van der Waals surface area contributed by atoms with Gasteiger partial charge in [-0.05, 0) is 59.7 Å². The molecule has 0 spiro atoms. The average Bonchev–Trinajstić information content (AvgIpc) is 1.38. The van der Waals surface area contributed by atoms with E-state index in [4.69, 9.17) is 66.3 Å². The van der Waals surface area contributed by atoms with Crippen LogP contribution in [0.25, 0.3) is 12.2 Å². The van der Waals surface area contributed by atoms with Gasteiger partial charge in [-0.2, -0.15) is 0 Å². The van der Waals surface area contributed by atoms with Crippen molar-refractivity contribution in [1.82, 2.24) is 0 Å². The van der Waals surface area contributed by atoms with Crippen molar-refractivity contribution >= 4 is 42.0 Å². The number of phenolic OH excluding ortho intramolecular Hbond substituents is 2. The van der Waals surface area contributed by atoms with Crippen LogP contribution in [0, 0.1) is 0 Å². The lowest BCUT2D eigenvalue weighted by atomic mass is 9.95. The van der Waals surface area contributed by atoms with E-state index in [-0.39, 0.29) is 17.1 Å². The van der Waals surface area contributed by atoms with Crippen molar-refractivity contribution in [2.45, 2.75) is 161 Å². The molecule has 92 heavy (non-hydrogen) atoms. The normalized spacial score (nSPS) is 36.5. The fraction of sp³-hybridized carbons (Fsp3) is 0.542. The number of carbonyl (C=O) groups excluding carboxylic acids is 5. The predicted octanol–water partition coefficient (Wildman–Crippen LogP) is -4.98. The highest BCUT2D eigenvalue weighted by atomic mass is 16.8. The van der Waals surface area contributed by atoms with Crippen molar-refractivity contribution in [2.75, 3.05) is 39.6 Å². The van der Waals surface area contributed by atoms with E-state index >= 15 is 0 Å². The van der Waals surface area contributed by atoms with Gasteiger partial charge in [0.15, 0.2) is 37.4 Å². The van der Waals surface area contributed by atoms with Gasteiger partial charge in [0.1, 0.15) is 135 Å². The van der Waals surface area contributed by atoms with E-state index in [0.29, 0.717) is 11.1 Å². The summed E-state index contributed by atoms with van der Waals surface area (Å²) in [6, 6.07) is 17.9. The van der Waals surface area contributed by atoms with E-state index in [9.17, 15) is 95.5 Å². The third-order valence-corrected chi connectivity index (χ3v) is 15.2. The number of hydrogen-bond donors (Lipinski definition) is 14. The summed E-state index contributed by atoms with van der Waals surface area (Å²) in [6.45, 7) is -4.44. The minimum absolute atomic E-state index is 0.113. The number of rotatable bonds is 24. The third-order valence-electron chi connectivity index (χ3n) is 15.2. The van der Waals surface area contributed by atoms with E-state index in [1.54, 1.807) is 6.07 Å². The summed E-state index contributed by atoms with van der Waals surface area (Å²) in [5.41, 5.74) is 0.509. The monoisotopic (exact) mass is 1310 g/mol. The molecule has 5 aliphatic heterocycles. The van der Waals surface area contributed by atoms with E-state index in [0.717, 1.165) is 26.0 Å². The van der Waals surface area contributed by atoms with Gasteiger partial charge in [-0.3, -0.25) is 9.59 Å². The fourth-order valence-corrected chi connectivity index (χ4v) is 10.3. The van der Waals surface area contributed by atoms with Gasteiger partial charge in [0.05, 0.1) is 25.4 Å². The molecular formula is C59H72O33. The number of ether oxygens (including phenoxy) is 14. The molecule has 5 aliphatic rings. The van der Waals surface area contributed by atoms with E-state index in [2.05, 4.69) is 0 Å². The van der Waals surface area contributed by atoms with Crippen molar-refractivity contribution in [1.29, 1.82) is 0 Å². The number of aromatic hydroxyl groups is 2. The molecule has 506 valence electrons. The number of aliphatic hydroxyl groups is 12. The van der Waals surface area contributed by atoms with Crippen LogP contribution in [-0.4, -0.2) is 288 Å². The lowest BCUT2D eigenvalue weighted by Crippen LogP contribution is -2.69. The summed E-state index contributed by atoms with van der Waals surface area (Å²) in [7, 11) is 0. The zero-order valence-corrected chi connectivity index (χ0v) is 48.9. The maximum Gasteiger partial charge on any atom is 0.338 e. The number of carbonyl (C=O) groups is 5. The average molecular weight is 1310 g/mol. The maximum absolute atomic E-state index is 14.3. The van der Waals surface area contributed by atoms with Crippen LogP contribution in [0.4, 0.5) is 0 Å². The minimum atomic E-state index is -3.00. The molecule has 14 N–H and O–H groups in total. The van der Waals surface area contributed by atoms with E-state index in [1.807, 2.05) is 0 Å². The Morgan fingerprint density at radius 2 is 0.924 bits per heavy atom. The topological polar surface area (TPSA) is 498 Å². The maximum atomic E-state index is 14.3. The second kappa shape index (κ2) is 31.9. The van der Waals surface area contributed by atoms with Gasteiger partial charge >= 0.3 is 29.8 Å². The molecule has 0 unspecified atom stereocenters. The summed E-state index contributed by atoms with van der Waals surface area (Å²) >= 11 is 0. The molecule has 3 aromatic rings. The molecule has 24 atom stereocenters. The predicted molar refractivity (Wildman–Crippen MR) is 297 cm³/mol. The quantitative estimate of drug-likeness (QED) is 0.0227. The second-order valence-corrected chi connectivity index (χ2v) is 21.7. The van der Waals surface area contributed by atoms with Crippen LogP contribution in [0.3, 0.4) is 0 Å². The number of hydrogen-bond acceptors (Lipinski definition) is 33. The van der Waals surface area contributed by atoms with Crippen molar-refractivity contribution in [3.63, 3.8) is 0 Å². The number of phenols is 2. The van der Waals surface area contributed by atoms with Gasteiger partial charge < -0.3 is 138 Å². The van der Waals surface area contributed by atoms with Crippen molar-refractivity contribution in [3.8, 4) is 11.5 Å². The third kappa shape index (κ3) is 17.1. The molecule has 0 saturated carbocycles. The first-order chi connectivity index (χ1) is 43.8. The molecular weight excluding hydrogens is 1240 g/mol. The molecule has 0 bridgehead atoms. The van der Waals surface area contributed by atoms with Gasteiger partial charge in [-0.1, -0.05) is 42.5 Å². The van der Waals surface area contributed by atoms with Crippen LogP contribution in [0.15, 0.2) is 91.0 Å². The summed E-state index contributed by atoms with van der Waals surface area (Å²) < 4.78 is 83.7. The van der Waals surface area contributed by atoms with Gasteiger partial charge in [-0.25, -0.2) is 14.4 Å². The zero-order valence-electron chi connectivity index (χ0n) is 48.9. The first kappa shape index (κ1) is 71.1. The molecule has 0 aliphatic carbocycles. The molecule has 8 rings (SSSR count). The zero-order chi connectivity index (χ0) is 66.7. The van der Waals surface area contributed by atoms with Gasteiger partial charge in [0, 0.05) is 26.0 Å². The molecule has 0 amide bonds. The molecule has 5 fully saturated rings. The molecule has 5 heterocycles. The Morgan fingerprint density at radius 3 is 1.45 bits per heavy atom. The largest absolute Gasteiger partial charge is 0.508 e. The van der Waals surface area contributed by atoms with Crippen LogP contribution < -0.4 is 0 Å². The Kier molecular flexibility index (Phi) is 24.7. The molecule has 0 aromatic heterocycles. The van der Waals surface area contributed by atoms with Crippen LogP contribution in [0.5, 0.6) is 11.5 Å². The molecule has 5 saturated heterocycles. The summed E-state index contributed by atoms with van der Waals surface area (Å²) in [4.78, 5) is 67.3. The number of esters is 5. The standard InChI is InChI=1S/C59H72O33/c1-26(63)79-23-36-42(71)50(87-55-46(75)44(73)40(69)33(20-60)82-55)48(77)57(84-36)88-51-49(86-39(68)19-13-29-10-16-32(66)17-11-29)37(24-80-27(2)64)85-58(52(51)89-56-47(76)45(74)41(70)34(21-61)83-56)92-59(25-81-38(67)18-12-28-8-14-31(65)15-9-28)53(43(72)35(22-62)91-59)90-54(78)30-6-4-3-5-7-30/h3-19,33-37,40-53,55-58,60-62,65-66,69-77H,20-25H2,1-2H3/b18-12+,19-13+/t33-,34+,35-,36-,37+,40-,41-,42+,43+,44+,45+,46-,47-,48+,49+,50-,51+,52-,53-,55+,56-,57-,58+,59-/m0/s1. The smallest absolute Gasteiger partial charge is 0.338 e. The Hall–Kier alpha value is -6.75. The summed E-state index contributed by atoms with van der Waals surface area (Å²) in [5, 5.41) is 153. The number of benzene rings is 3. The van der Waals surface area contributed by atoms with Crippen molar-refractivity contribution < 1.29 is 162 Å². The van der Waals surface area contributed by atoms with Crippen molar-refractivity contribution in [3.05, 3.63) is 108 Å². The fourth-order valence-electron chi connectivity index (χ4n) is 10.3. The van der Waals surface area contributed by atoms with Gasteiger partial charge in [0.2, 0.25) is 5.79 Å². The highest BCUT2D eigenvalue weighted by Gasteiger charge is 2.64. The van der Waals surface area contributed by atoms with E-state index in [1.165, 1.54) is 84.9 Å². The van der Waals surface area contributed by atoms with Crippen LogP contribution >= 0.6 is 0 Å². The van der Waals surface area contributed by atoms with Crippen LogP contribution in [0.2, 0.25) is 0 Å². The first-order valence-electron chi connectivity index (χ1n) is 28.6. The molecule has 3 aromatic carbocycles. The summed E-state index contributed by atoms with van der Waals surface area (Å²) in [6.07, 6.45) is -45.5. The molecule has 0 radical (unpaired) electrons. The minimum Gasteiger partial charge on any atom is -0.508 e. The van der Waals surface area contributed by atoms with Gasteiger partial charge in [0.25, 0.3) is 0 Å². The van der Waals surface area contributed by atoms with Crippen LogP contribution in [-0.2, 0) is 85.5 Å². The highest BCUT2D eigenvalue weighted by Crippen LogP contribution is 2.43. The van der Waals surface area contributed by atoms with Crippen LogP contribution in [0.1, 0.15) is 35.3 Å². The Morgan fingerprint density at radius 1 is 0.457 bits per heavy atom. The first-order valence-corrected chi connectivity index (χ1v) is 28.6. The van der Waals surface area contributed by atoms with Crippen molar-refractivity contribution in [2.24, 2.45) is 0 Å². The van der Waals surface area contributed by atoms with E-state index < -0.39 is 216 Å². The lowest BCUT2D eigenvalue weighted by Gasteiger charge is -2.51. The summed E-state index contributed by atoms with van der Waals surface area (Å²) in [5.74, 6) is -8.95. The number of aliphatic hydroxyl groups excluding tert-OH is 12. The highest BCUT2D eigenvalue weighted by molar-refractivity contribution is 5.90. The Labute approximate surface area is 522 Å². The SMILES string of the molecule is CC(=O)OC[C@@H]1O[C@@H](O[C@H]2[C@H](O[C@@H]3O[C@H](CO)[C@H](O)[C@@H](O)[C@@H]3O)[C@@H](O[C@]3(COC(=O)/C=C/c4ccc(O)cc4)O[C@@H](CO)[C@@H](O)[C@@H]3OC(=O)c3ccccc3)O[C@H](COC(C)=O)[C@H]2OC(=O)/C=C/c2ccc(O)cc2)[C@H](O)[C@@H](O[C@H]2O[C@@H](CO)[C@H](O)[C@@H](O)[C@@H]2O)[C@@H]1O. The van der Waals surface area contributed by atoms with Gasteiger partial charge in [-0.15, -0.1) is 0 Å². The second-order valence-electron chi connectivity index (χ2n) is 21.7. The molecule has 33 nitrogen and oxygen atoms in total. The Balaban J connectivity index is 1.30. The lowest BCUT2D eigenvalue weighted by molar-refractivity contribution is -0.423. The molecule has 33 heteroatoms.